The minimum atomic E-state index is -1.04. The molecule has 0 radical (unpaired) electrons. The van der Waals surface area contributed by atoms with E-state index in [9.17, 15) is 9.90 Å². The molecule has 0 aliphatic carbocycles. The predicted molar refractivity (Wildman–Crippen MR) is 75.3 cm³/mol. The van der Waals surface area contributed by atoms with E-state index in [0.717, 1.165) is 0 Å². The fraction of sp³-hybridized carbons (Fsp3) is 0.462. The number of aromatic carboxylic acids is 1. The van der Waals surface area contributed by atoms with E-state index in [2.05, 4.69) is 15.9 Å². The van der Waals surface area contributed by atoms with Crippen LogP contribution < -0.4 is 4.74 Å². The summed E-state index contributed by atoms with van der Waals surface area (Å²) in [7, 11) is 1.57. The van der Waals surface area contributed by atoms with Crippen LogP contribution in [0.25, 0.3) is 0 Å². The number of methoxy groups -OCH3 is 1. The Morgan fingerprint density at radius 1 is 1.35 bits per heavy atom. The Morgan fingerprint density at radius 3 is 2.75 bits per heavy atom. The second kappa shape index (κ2) is 8.91. The molecule has 0 bridgehead atoms. The number of carbonyl (C=O) groups is 1. The van der Waals surface area contributed by atoms with Gasteiger partial charge in [0.2, 0.25) is 0 Å². The Hall–Kier alpha value is -1.15. The van der Waals surface area contributed by atoms with Crippen LogP contribution in [-0.4, -0.2) is 55.8 Å². The second-order valence-corrected chi connectivity index (χ2v) is 4.84. The van der Waals surface area contributed by atoms with Crippen molar-refractivity contribution >= 4 is 21.9 Å². The highest BCUT2D eigenvalue weighted by atomic mass is 79.9. The van der Waals surface area contributed by atoms with Crippen molar-refractivity contribution in [3.8, 4) is 5.75 Å². The van der Waals surface area contributed by atoms with Gasteiger partial charge in [-0.3, -0.25) is 0 Å². The summed E-state index contributed by atoms with van der Waals surface area (Å²) >= 11 is 3.26. The zero-order valence-electron chi connectivity index (χ0n) is 11.0. The molecule has 6 nitrogen and oxygen atoms in total. The first-order valence-electron chi connectivity index (χ1n) is 5.95. The topological polar surface area (TPSA) is 85.2 Å². The van der Waals surface area contributed by atoms with Crippen molar-refractivity contribution in [3.63, 3.8) is 0 Å². The third kappa shape index (κ3) is 5.87. The van der Waals surface area contributed by atoms with Gasteiger partial charge in [0.1, 0.15) is 18.5 Å². The predicted octanol–water partition coefficient (Wildman–Crippen LogP) is 1.55. The molecule has 20 heavy (non-hydrogen) atoms. The summed E-state index contributed by atoms with van der Waals surface area (Å²) in [5.74, 6) is -0.674. The molecule has 0 aliphatic heterocycles. The molecule has 0 spiro atoms. The standard InChI is InChI=1S/C13H17BrO6/c1-18-4-5-19-7-10(15)8-20-12-6-9(13(16)17)2-3-11(12)14/h2-3,6,10,15H,4-5,7-8H2,1H3,(H,16,17). The molecule has 112 valence electrons. The van der Waals surface area contributed by atoms with Gasteiger partial charge in [0.15, 0.2) is 0 Å². The summed E-state index contributed by atoms with van der Waals surface area (Å²) in [6, 6.07) is 4.44. The van der Waals surface area contributed by atoms with Gasteiger partial charge in [-0.05, 0) is 34.1 Å². The molecule has 2 N–H and O–H groups in total. The lowest BCUT2D eigenvalue weighted by molar-refractivity contribution is -0.00430. The summed E-state index contributed by atoms with van der Waals surface area (Å²) in [4.78, 5) is 10.9. The maximum absolute atomic E-state index is 10.9. The first kappa shape index (κ1) is 16.9. The van der Waals surface area contributed by atoms with E-state index in [-0.39, 0.29) is 18.8 Å². The maximum Gasteiger partial charge on any atom is 0.335 e. The van der Waals surface area contributed by atoms with E-state index in [0.29, 0.717) is 23.4 Å². The first-order chi connectivity index (χ1) is 9.54. The average Bonchev–Trinajstić information content (AvgIpc) is 2.42. The highest BCUT2D eigenvalue weighted by Gasteiger charge is 2.10. The number of hydrogen-bond donors (Lipinski definition) is 2. The van der Waals surface area contributed by atoms with E-state index >= 15 is 0 Å². The highest BCUT2D eigenvalue weighted by molar-refractivity contribution is 9.10. The molecule has 0 saturated heterocycles. The Labute approximate surface area is 125 Å². The molecule has 0 saturated carbocycles. The SMILES string of the molecule is COCCOCC(O)COc1cc(C(=O)O)ccc1Br. The molecule has 1 rings (SSSR count). The molecule has 1 atom stereocenters. The molecule has 0 aliphatic rings. The minimum Gasteiger partial charge on any atom is -0.490 e. The van der Waals surface area contributed by atoms with Crippen molar-refractivity contribution in [1.29, 1.82) is 0 Å². The summed E-state index contributed by atoms with van der Waals surface area (Å²) < 4.78 is 16.0. The monoisotopic (exact) mass is 348 g/mol. The van der Waals surface area contributed by atoms with Gasteiger partial charge in [0.25, 0.3) is 0 Å². The molecule has 7 heteroatoms. The van der Waals surface area contributed by atoms with E-state index in [1.165, 1.54) is 12.1 Å². The van der Waals surface area contributed by atoms with Crippen molar-refractivity contribution in [1.82, 2.24) is 0 Å². The van der Waals surface area contributed by atoms with Gasteiger partial charge in [-0.25, -0.2) is 4.79 Å². The van der Waals surface area contributed by atoms with Crippen LogP contribution in [0.2, 0.25) is 0 Å². The fourth-order valence-electron chi connectivity index (χ4n) is 1.34. The molecule has 0 aromatic heterocycles. The van der Waals surface area contributed by atoms with E-state index < -0.39 is 12.1 Å². The number of aliphatic hydroxyl groups is 1. The summed E-state index contributed by atoms with van der Waals surface area (Å²) in [6.07, 6.45) is -0.799. The quantitative estimate of drug-likeness (QED) is 0.658. The van der Waals surface area contributed by atoms with Crippen LogP contribution in [0.5, 0.6) is 5.75 Å². The van der Waals surface area contributed by atoms with Crippen LogP contribution in [0.1, 0.15) is 10.4 Å². The van der Waals surface area contributed by atoms with Gasteiger partial charge < -0.3 is 24.4 Å². The average molecular weight is 349 g/mol. The number of aliphatic hydroxyl groups excluding tert-OH is 1. The molecule has 0 heterocycles. The number of carboxylic acid groups (broad SMARTS) is 1. The van der Waals surface area contributed by atoms with Crippen molar-refractivity contribution in [2.24, 2.45) is 0 Å². The van der Waals surface area contributed by atoms with Crippen LogP contribution in [0.4, 0.5) is 0 Å². The van der Waals surface area contributed by atoms with Crippen molar-refractivity contribution in [3.05, 3.63) is 28.2 Å². The van der Waals surface area contributed by atoms with Gasteiger partial charge in [0.05, 0.1) is 29.9 Å². The molecule has 1 aromatic rings. The van der Waals surface area contributed by atoms with Crippen LogP contribution in [0, 0.1) is 0 Å². The maximum atomic E-state index is 10.9. The number of hydrogen-bond acceptors (Lipinski definition) is 5. The Kier molecular flexibility index (Phi) is 7.53. The zero-order chi connectivity index (χ0) is 15.0. The van der Waals surface area contributed by atoms with Gasteiger partial charge in [0, 0.05) is 7.11 Å². The first-order valence-corrected chi connectivity index (χ1v) is 6.74. The van der Waals surface area contributed by atoms with E-state index in [1.807, 2.05) is 0 Å². The molecule has 1 unspecified atom stereocenters. The lowest BCUT2D eigenvalue weighted by Gasteiger charge is -2.14. The third-order valence-corrected chi connectivity index (χ3v) is 3.01. The van der Waals surface area contributed by atoms with Crippen molar-refractivity contribution < 1.29 is 29.2 Å². The van der Waals surface area contributed by atoms with Gasteiger partial charge in [-0.2, -0.15) is 0 Å². The van der Waals surface area contributed by atoms with Crippen LogP contribution >= 0.6 is 15.9 Å². The fourth-order valence-corrected chi connectivity index (χ4v) is 1.70. The zero-order valence-corrected chi connectivity index (χ0v) is 12.6. The second-order valence-electron chi connectivity index (χ2n) is 3.98. The lowest BCUT2D eigenvalue weighted by Crippen LogP contribution is -2.24. The minimum absolute atomic E-state index is 0.00859. The number of carboxylic acids is 1. The van der Waals surface area contributed by atoms with Crippen LogP contribution in [-0.2, 0) is 9.47 Å². The van der Waals surface area contributed by atoms with Gasteiger partial charge >= 0.3 is 5.97 Å². The summed E-state index contributed by atoms with van der Waals surface area (Å²) in [6.45, 7) is 0.986. The number of ether oxygens (including phenoxy) is 3. The lowest BCUT2D eigenvalue weighted by atomic mass is 10.2. The van der Waals surface area contributed by atoms with Crippen molar-refractivity contribution in [2.75, 3.05) is 33.5 Å². The van der Waals surface area contributed by atoms with E-state index in [1.54, 1.807) is 13.2 Å². The Balaban J connectivity index is 2.44. The largest absolute Gasteiger partial charge is 0.490 e. The third-order valence-electron chi connectivity index (χ3n) is 2.35. The normalized spacial score (nSPS) is 12.2. The molecule has 0 amide bonds. The summed E-state index contributed by atoms with van der Waals surface area (Å²) in [5.41, 5.74) is 0.119. The molecular weight excluding hydrogens is 332 g/mol. The van der Waals surface area contributed by atoms with Gasteiger partial charge in [-0.1, -0.05) is 0 Å². The Morgan fingerprint density at radius 2 is 2.10 bits per heavy atom. The van der Waals surface area contributed by atoms with Crippen molar-refractivity contribution in [2.45, 2.75) is 6.10 Å². The highest BCUT2D eigenvalue weighted by Crippen LogP contribution is 2.26. The van der Waals surface area contributed by atoms with Crippen LogP contribution in [0.15, 0.2) is 22.7 Å². The Bertz CT molecular complexity index is 437. The van der Waals surface area contributed by atoms with Crippen LogP contribution in [0.3, 0.4) is 0 Å². The number of rotatable bonds is 9. The smallest absolute Gasteiger partial charge is 0.335 e. The molecule has 0 fully saturated rings. The van der Waals surface area contributed by atoms with E-state index in [4.69, 9.17) is 19.3 Å². The van der Waals surface area contributed by atoms with Gasteiger partial charge in [-0.15, -0.1) is 0 Å². The number of benzene rings is 1. The summed E-state index contributed by atoms with van der Waals surface area (Å²) in [5, 5.41) is 18.5. The molecular formula is C13H17BrO6. The number of halogens is 1. The molecule has 1 aromatic carbocycles.